The van der Waals surface area contributed by atoms with Crippen LogP contribution >= 0.6 is 0 Å². The molecule has 172 valence electrons. The average molecular weight is 471 g/mol. The van der Waals surface area contributed by atoms with E-state index in [2.05, 4.69) is 15.4 Å². The fourth-order valence-electron chi connectivity index (χ4n) is 3.00. The van der Waals surface area contributed by atoms with Crippen molar-refractivity contribution in [2.45, 2.75) is 11.8 Å². The fraction of sp³-hybridized carbons (Fsp3) is 0.136. The maximum atomic E-state index is 12.9. The van der Waals surface area contributed by atoms with Crippen LogP contribution in [0.25, 0.3) is 0 Å². The molecule has 33 heavy (non-hydrogen) atoms. The molecule has 0 radical (unpaired) electrons. The van der Waals surface area contributed by atoms with Crippen LogP contribution < -0.4 is 20.1 Å². The second-order valence-corrected chi connectivity index (χ2v) is 8.64. The second-order valence-electron chi connectivity index (χ2n) is 6.99. The van der Waals surface area contributed by atoms with Gasteiger partial charge in [0.15, 0.2) is 0 Å². The molecule has 3 aromatic carbocycles. The number of hydrogen-bond acceptors (Lipinski definition) is 7. The molecule has 1 amide bonds. The van der Waals surface area contributed by atoms with E-state index >= 15 is 0 Å². The Morgan fingerprint density at radius 2 is 1.70 bits per heavy atom. The van der Waals surface area contributed by atoms with Crippen molar-refractivity contribution in [3.8, 4) is 5.75 Å². The molecule has 11 heteroatoms. The number of ether oxygens (including phenoxy) is 1. The number of rotatable bonds is 9. The molecule has 0 heterocycles. The van der Waals surface area contributed by atoms with Crippen LogP contribution in [0.1, 0.15) is 5.56 Å². The predicted molar refractivity (Wildman–Crippen MR) is 125 cm³/mol. The first-order valence-corrected chi connectivity index (χ1v) is 11.2. The van der Waals surface area contributed by atoms with Crippen LogP contribution in [0.5, 0.6) is 5.75 Å². The van der Waals surface area contributed by atoms with Gasteiger partial charge >= 0.3 is 0 Å². The van der Waals surface area contributed by atoms with E-state index in [1.165, 1.54) is 31.4 Å². The van der Waals surface area contributed by atoms with Gasteiger partial charge in [-0.1, -0.05) is 18.2 Å². The summed E-state index contributed by atoms with van der Waals surface area (Å²) in [6.45, 7) is 1.40. The third kappa shape index (κ3) is 5.98. The molecule has 3 aromatic rings. The molecule has 0 unspecified atom stereocenters. The van der Waals surface area contributed by atoms with Crippen molar-refractivity contribution in [1.82, 2.24) is 0 Å². The quantitative estimate of drug-likeness (QED) is 0.319. The molecule has 0 atom stereocenters. The van der Waals surface area contributed by atoms with E-state index in [9.17, 15) is 23.3 Å². The first-order chi connectivity index (χ1) is 15.7. The summed E-state index contributed by atoms with van der Waals surface area (Å²) >= 11 is 0. The van der Waals surface area contributed by atoms with Gasteiger partial charge in [-0.15, -0.1) is 0 Å². The van der Waals surface area contributed by atoms with Crippen molar-refractivity contribution in [1.29, 1.82) is 0 Å². The standard InChI is InChI=1S/C22H22N4O6S/c1-15-7-8-17(24-22(27)14-23-19-5-3-4-6-20(19)26(28)29)13-21(15)33(30,31)25-16-9-11-18(32-2)12-10-16/h3-13,23,25H,14H2,1-2H3,(H,24,27). The summed E-state index contributed by atoms with van der Waals surface area (Å²) < 4.78 is 33.4. The van der Waals surface area contributed by atoms with E-state index in [-0.39, 0.29) is 28.5 Å². The van der Waals surface area contributed by atoms with Gasteiger partial charge in [-0.05, 0) is 55.0 Å². The normalized spacial score (nSPS) is 10.8. The Morgan fingerprint density at radius 3 is 2.36 bits per heavy atom. The zero-order valence-corrected chi connectivity index (χ0v) is 18.7. The van der Waals surface area contributed by atoms with Crippen molar-refractivity contribution in [2.24, 2.45) is 0 Å². The van der Waals surface area contributed by atoms with E-state index in [0.717, 1.165) is 0 Å². The number of benzene rings is 3. The summed E-state index contributed by atoms with van der Waals surface area (Å²) in [5.74, 6) is 0.0942. The summed E-state index contributed by atoms with van der Waals surface area (Å²) in [5, 5.41) is 16.4. The van der Waals surface area contributed by atoms with E-state index in [1.54, 1.807) is 49.4 Å². The van der Waals surface area contributed by atoms with Crippen molar-refractivity contribution in [2.75, 3.05) is 29.0 Å². The molecular weight excluding hydrogens is 448 g/mol. The van der Waals surface area contributed by atoms with Crippen LogP contribution in [0.2, 0.25) is 0 Å². The van der Waals surface area contributed by atoms with Crippen molar-refractivity contribution >= 4 is 38.7 Å². The topological polar surface area (TPSA) is 140 Å². The third-order valence-corrected chi connectivity index (χ3v) is 6.17. The van der Waals surface area contributed by atoms with E-state index in [0.29, 0.717) is 17.0 Å². The molecule has 0 fully saturated rings. The molecule has 0 aliphatic heterocycles. The number of nitrogens with one attached hydrogen (secondary N) is 3. The van der Waals surface area contributed by atoms with E-state index in [1.807, 2.05) is 0 Å². The summed E-state index contributed by atoms with van der Waals surface area (Å²) in [6, 6.07) is 16.9. The van der Waals surface area contributed by atoms with E-state index in [4.69, 9.17) is 4.74 Å². The number of hydrogen-bond donors (Lipinski definition) is 3. The fourth-order valence-corrected chi connectivity index (χ4v) is 4.33. The zero-order valence-electron chi connectivity index (χ0n) is 17.9. The van der Waals surface area contributed by atoms with Gasteiger partial charge in [0.1, 0.15) is 11.4 Å². The molecule has 0 saturated carbocycles. The molecule has 0 aromatic heterocycles. The maximum absolute atomic E-state index is 12.9. The van der Waals surface area contributed by atoms with Gasteiger partial charge in [0.2, 0.25) is 5.91 Å². The number of methoxy groups -OCH3 is 1. The van der Waals surface area contributed by atoms with Gasteiger partial charge in [-0.3, -0.25) is 19.6 Å². The molecule has 0 aliphatic rings. The number of nitrogens with zero attached hydrogens (tertiary/aromatic N) is 1. The summed E-state index contributed by atoms with van der Waals surface area (Å²) in [4.78, 5) is 22.9. The van der Waals surface area contributed by atoms with Crippen molar-refractivity contribution < 1.29 is 22.9 Å². The minimum absolute atomic E-state index is 0.00257. The molecule has 0 spiro atoms. The van der Waals surface area contributed by atoms with Crippen LogP contribution in [-0.2, 0) is 14.8 Å². The Labute approximate surface area is 190 Å². The molecule has 10 nitrogen and oxygen atoms in total. The smallest absolute Gasteiger partial charge is 0.292 e. The van der Waals surface area contributed by atoms with Gasteiger partial charge in [0, 0.05) is 17.4 Å². The largest absolute Gasteiger partial charge is 0.497 e. The van der Waals surface area contributed by atoms with Gasteiger partial charge in [-0.25, -0.2) is 8.42 Å². The Bertz CT molecular complexity index is 1280. The first-order valence-electron chi connectivity index (χ1n) is 9.74. The molecule has 0 saturated heterocycles. The van der Waals surface area contributed by atoms with Crippen molar-refractivity contribution in [3.63, 3.8) is 0 Å². The lowest BCUT2D eigenvalue weighted by atomic mass is 10.2. The van der Waals surface area contributed by atoms with Crippen molar-refractivity contribution in [3.05, 3.63) is 82.4 Å². The molecule has 0 bridgehead atoms. The minimum atomic E-state index is -3.92. The number of aryl methyl sites for hydroxylation is 1. The highest BCUT2D eigenvalue weighted by molar-refractivity contribution is 7.92. The third-order valence-electron chi connectivity index (χ3n) is 4.64. The lowest BCUT2D eigenvalue weighted by Crippen LogP contribution is -2.22. The first kappa shape index (κ1) is 23.5. The second kappa shape index (κ2) is 10.0. The summed E-state index contributed by atoms with van der Waals surface area (Å²) in [5.41, 5.74) is 1.17. The Morgan fingerprint density at radius 1 is 1.03 bits per heavy atom. The Kier molecular flexibility index (Phi) is 7.13. The number of nitro groups is 1. The minimum Gasteiger partial charge on any atom is -0.497 e. The number of para-hydroxylation sites is 2. The van der Waals surface area contributed by atoms with Gasteiger partial charge in [0.05, 0.1) is 23.5 Å². The monoisotopic (exact) mass is 470 g/mol. The maximum Gasteiger partial charge on any atom is 0.292 e. The molecule has 3 N–H and O–H groups in total. The van der Waals surface area contributed by atoms with Crippen LogP contribution in [0, 0.1) is 17.0 Å². The number of sulfonamides is 1. The van der Waals surface area contributed by atoms with Gasteiger partial charge < -0.3 is 15.4 Å². The highest BCUT2D eigenvalue weighted by Crippen LogP contribution is 2.25. The van der Waals surface area contributed by atoms with Crippen LogP contribution in [-0.4, -0.2) is 32.9 Å². The highest BCUT2D eigenvalue weighted by Gasteiger charge is 2.19. The highest BCUT2D eigenvalue weighted by atomic mass is 32.2. The lowest BCUT2D eigenvalue weighted by molar-refractivity contribution is -0.383. The predicted octanol–water partition coefficient (Wildman–Crippen LogP) is 3.76. The number of carbonyl (C=O) groups is 1. The van der Waals surface area contributed by atoms with Crippen LogP contribution in [0.15, 0.2) is 71.6 Å². The van der Waals surface area contributed by atoms with Gasteiger partial charge in [0.25, 0.3) is 15.7 Å². The Balaban J connectivity index is 1.71. The number of amides is 1. The van der Waals surface area contributed by atoms with Crippen LogP contribution in [0.3, 0.4) is 0 Å². The molecular formula is C22H22N4O6S. The summed E-state index contributed by atoms with van der Waals surface area (Å²) in [6.07, 6.45) is 0. The molecule has 3 rings (SSSR count). The van der Waals surface area contributed by atoms with Crippen LogP contribution in [0.4, 0.5) is 22.7 Å². The van der Waals surface area contributed by atoms with Gasteiger partial charge in [-0.2, -0.15) is 0 Å². The zero-order chi connectivity index (χ0) is 24.0. The molecule has 0 aliphatic carbocycles. The Hall–Kier alpha value is -4.12. The number of nitro benzene ring substituents is 1. The number of carbonyl (C=O) groups excluding carboxylic acids is 1. The summed E-state index contributed by atoms with van der Waals surface area (Å²) in [7, 11) is -2.41. The average Bonchev–Trinajstić information content (AvgIpc) is 2.79. The lowest BCUT2D eigenvalue weighted by Gasteiger charge is -2.13. The van der Waals surface area contributed by atoms with E-state index < -0.39 is 20.9 Å². The number of anilines is 3. The SMILES string of the molecule is COc1ccc(NS(=O)(=O)c2cc(NC(=O)CNc3ccccc3[N+](=O)[O-])ccc2C)cc1.